The highest BCUT2D eigenvalue weighted by Crippen LogP contribution is 2.26. The van der Waals surface area contributed by atoms with Crippen LogP contribution in [0.2, 0.25) is 0 Å². The lowest BCUT2D eigenvalue weighted by Crippen LogP contribution is -2.46. The maximum absolute atomic E-state index is 13.4. The van der Waals surface area contributed by atoms with Gasteiger partial charge in [0.1, 0.15) is 22.3 Å². The number of benzene rings is 3. The summed E-state index contributed by atoms with van der Waals surface area (Å²) in [6.45, 7) is 22.7. The molecule has 1 fully saturated rings. The molecule has 17 heteroatoms. The van der Waals surface area contributed by atoms with Gasteiger partial charge in [-0.25, -0.2) is 32.6 Å². The van der Waals surface area contributed by atoms with Crippen molar-refractivity contribution < 1.29 is 28.2 Å². The highest BCUT2D eigenvalue weighted by atomic mass is 32.2. The van der Waals surface area contributed by atoms with Gasteiger partial charge in [0, 0.05) is 50.2 Å². The molecule has 1 aliphatic rings. The number of hydrogen-bond donors (Lipinski definition) is 3. The van der Waals surface area contributed by atoms with Gasteiger partial charge in [0.25, 0.3) is 5.56 Å². The van der Waals surface area contributed by atoms with E-state index in [1.807, 2.05) is 12.1 Å². The van der Waals surface area contributed by atoms with E-state index in [1.54, 1.807) is 80.1 Å². The topological polar surface area (TPSA) is 189 Å². The molecule has 3 aromatic carbocycles. The number of hydrogen-bond acceptors (Lipinski definition) is 13. The molecule has 67 heavy (non-hydrogen) atoms. The third-order valence-electron chi connectivity index (χ3n) is 11.8. The lowest BCUT2D eigenvalue weighted by atomic mass is 9.96. The van der Waals surface area contributed by atoms with Gasteiger partial charge in [-0.15, -0.1) is 6.58 Å². The molecule has 0 unspecified atom stereocenters. The lowest BCUT2D eigenvalue weighted by molar-refractivity contribution is -0.133. The third-order valence-corrected chi connectivity index (χ3v) is 13.7. The summed E-state index contributed by atoms with van der Waals surface area (Å²) in [5.74, 6) is -0.0776. The predicted octanol–water partition coefficient (Wildman–Crippen LogP) is 6.70. The van der Waals surface area contributed by atoms with Crippen molar-refractivity contribution in [3.8, 4) is 11.6 Å². The molecule has 0 bridgehead atoms. The highest BCUT2D eigenvalue weighted by molar-refractivity contribution is 7.91. The summed E-state index contributed by atoms with van der Waals surface area (Å²) < 4.78 is 35.4. The minimum atomic E-state index is -3.98. The molecular weight excluding hydrogens is 871 g/mol. The number of nitrogens with one attached hydrogen (secondary N) is 1. The van der Waals surface area contributed by atoms with Gasteiger partial charge >= 0.3 is 0 Å². The van der Waals surface area contributed by atoms with E-state index >= 15 is 0 Å². The van der Waals surface area contributed by atoms with Crippen molar-refractivity contribution in [3.63, 3.8) is 0 Å². The summed E-state index contributed by atoms with van der Waals surface area (Å²) in [5.41, 5.74) is 0.969. The normalized spacial score (nSPS) is 14.4. The summed E-state index contributed by atoms with van der Waals surface area (Å²) in [6, 6.07) is 24.4. The van der Waals surface area contributed by atoms with Gasteiger partial charge < -0.3 is 25.2 Å². The molecule has 0 amide bonds. The number of aryl methyl sites for hydroxylation is 1. The second kappa shape index (κ2) is 20.4. The molecular formula is C50H57N9O7S. The Hall–Kier alpha value is -6.71. The summed E-state index contributed by atoms with van der Waals surface area (Å²) in [5, 5.41) is 25.1. The number of aliphatic hydroxyl groups is 2. The maximum atomic E-state index is 13.4. The first-order valence-corrected chi connectivity index (χ1v) is 23.9. The average molecular weight is 928 g/mol. The Labute approximate surface area is 390 Å². The van der Waals surface area contributed by atoms with Crippen LogP contribution < -0.4 is 20.5 Å². The van der Waals surface area contributed by atoms with E-state index in [0.717, 1.165) is 63.4 Å². The molecule has 3 aromatic heterocycles. The zero-order valence-electron chi connectivity index (χ0n) is 38.4. The van der Waals surface area contributed by atoms with Crippen molar-refractivity contribution >= 4 is 49.7 Å². The number of rotatable bonds is 20. The number of ether oxygens (including phenoxy) is 1. The standard InChI is InChI=1S/C50H57N9O7S/c1-7-24-58-47(61)41-33-52-48(55-46(41)59(58)45-13-11-12-43(54-45)49(3,4)62)53-37-15-17-38(18-16-37)57-28-26-56(27-29-57)25-9-8-10-30-66-39-19-21-40(22-20-39)67(64,65)34-50(5,63)44(60)32-36-14-23-42(51-6)35(2)31-36/h7,11-23,31,33,62-63H,1,8-10,24-30,32,34H2,2-5H3,(H,52,53,55)/t50-/m0/s1. The van der Waals surface area contributed by atoms with Gasteiger partial charge in [0.15, 0.2) is 32.8 Å². The number of piperazine rings is 1. The Balaban J connectivity index is 0.833. The predicted molar refractivity (Wildman–Crippen MR) is 259 cm³/mol. The van der Waals surface area contributed by atoms with Gasteiger partial charge in [-0.2, -0.15) is 4.98 Å². The molecule has 3 N–H and O–H groups in total. The number of Topliss-reactive ketones (excluding diaryl/α,β-unsaturated/α-hetero) is 1. The van der Waals surface area contributed by atoms with Crippen LogP contribution in [-0.2, 0) is 33.2 Å². The Morgan fingerprint density at radius 2 is 1.69 bits per heavy atom. The quantitative estimate of drug-likeness (QED) is 0.0417. The molecule has 1 saturated heterocycles. The van der Waals surface area contributed by atoms with E-state index in [0.29, 0.717) is 57.7 Å². The number of sulfone groups is 1. The molecule has 350 valence electrons. The Kier molecular flexibility index (Phi) is 14.7. The van der Waals surface area contributed by atoms with E-state index in [2.05, 4.69) is 48.6 Å². The SMILES string of the molecule is [C-]#[N+]c1ccc(CC(=O)[C@@](C)(O)CS(=O)(=O)c2ccc(OCCCCCN3CCN(c4ccc(Nc5ncc6c(=O)n(CC=C)n(-c7cccc(C(C)(C)O)n7)c6n5)cc4)CC3)cc2)cc1C. The Morgan fingerprint density at radius 3 is 2.36 bits per heavy atom. The van der Waals surface area contributed by atoms with Crippen molar-refractivity contribution in [3.05, 3.63) is 142 Å². The number of anilines is 3. The zero-order valence-corrected chi connectivity index (χ0v) is 39.2. The van der Waals surface area contributed by atoms with Crippen molar-refractivity contribution in [2.24, 2.45) is 0 Å². The molecule has 4 heterocycles. The molecule has 0 saturated carbocycles. The van der Waals surface area contributed by atoms with Crippen LogP contribution in [0.1, 0.15) is 56.9 Å². The summed E-state index contributed by atoms with van der Waals surface area (Å²) in [7, 11) is -3.98. The van der Waals surface area contributed by atoms with Crippen LogP contribution in [0.25, 0.3) is 21.7 Å². The number of fused-ring (bicyclic) bond motifs is 1. The minimum absolute atomic E-state index is 0.00373. The van der Waals surface area contributed by atoms with E-state index in [9.17, 15) is 28.2 Å². The minimum Gasteiger partial charge on any atom is -0.494 e. The number of carbonyl (C=O) groups excluding carboxylic acids is 1. The van der Waals surface area contributed by atoms with Gasteiger partial charge in [-0.3, -0.25) is 14.5 Å². The van der Waals surface area contributed by atoms with Crippen LogP contribution in [0.15, 0.2) is 113 Å². The first-order chi connectivity index (χ1) is 32.0. The van der Waals surface area contributed by atoms with Gasteiger partial charge in [-0.1, -0.05) is 30.3 Å². The fraction of sp³-hybridized carbons (Fsp3) is 0.360. The van der Waals surface area contributed by atoms with Crippen molar-refractivity contribution in [2.75, 3.05) is 55.3 Å². The number of nitrogens with zero attached hydrogens (tertiary/aromatic N) is 8. The Bertz CT molecular complexity index is 2940. The molecule has 6 aromatic rings. The second-order valence-electron chi connectivity index (χ2n) is 17.6. The van der Waals surface area contributed by atoms with Crippen LogP contribution in [0.4, 0.5) is 23.0 Å². The number of unbranched alkanes of at least 4 members (excludes halogenated alkanes) is 2. The number of carbonyl (C=O) groups is 1. The van der Waals surface area contributed by atoms with Gasteiger partial charge in [-0.05, 0) is 125 Å². The van der Waals surface area contributed by atoms with Gasteiger partial charge in [0.2, 0.25) is 5.95 Å². The monoisotopic (exact) mass is 927 g/mol. The largest absolute Gasteiger partial charge is 0.494 e. The first kappa shape index (κ1) is 48.2. The number of pyridine rings is 1. The third kappa shape index (κ3) is 11.6. The number of ketones is 1. The Morgan fingerprint density at radius 1 is 0.955 bits per heavy atom. The first-order valence-electron chi connectivity index (χ1n) is 22.3. The van der Waals surface area contributed by atoms with Crippen LogP contribution in [0, 0.1) is 13.5 Å². The van der Waals surface area contributed by atoms with Crippen LogP contribution in [0.5, 0.6) is 5.75 Å². The van der Waals surface area contributed by atoms with E-state index in [4.69, 9.17) is 16.3 Å². The molecule has 0 aliphatic carbocycles. The van der Waals surface area contributed by atoms with E-state index in [1.165, 1.54) is 29.9 Å². The molecule has 1 aliphatic heterocycles. The van der Waals surface area contributed by atoms with Crippen molar-refractivity contribution in [2.45, 2.75) is 76.0 Å². The lowest BCUT2D eigenvalue weighted by Gasteiger charge is -2.36. The molecule has 16 nitrogen and oxygen atoms in total. The molecule has 0 spiro atoms. The van der Waals surface area contributed by atoms with E-state index in [-0.39, 0.29) is 23.4 Å². The van der Waals surface area contributed by atoms with Crippen LogP contribution in [0.3, 0.4) is 0 Å². The maximum Gasteiger partial charge on any atom is 0.278 e. The van der Waals surface area contributed by atoms with Crippen LogP contribution >= 0.6 is 0 Å². The molecule has 0 radical (unpaired) electrons. The highest BCUT2D eigenvalue weighted by Gasteiger charge is 2.36. The fourth-order valence-corrected chi connectivity index (χ4v) is 9.63. The molecule has 7 rings (SSSR count). The molecule has 1 atom stereocenters. The van der Waals surface area contributed by atoms with Gasteiger partial charge in [0.05, 0.1) is 36.1 Å². The van der Waals surface area contributed by atoms with E-state index < -0.39 is 32.6 Å². The number of allylic oxidation sites excluding steroid dienone is 1. The summed E-state index contributed by atoms with van der Waals surface area (Å²) in [4.78, 5) is 48.4. The zero-order chi connectivity index (χ0) is 47.9. The van der Waals surface area contributed by atoms with Crippen molar-refractivity contribution in [1.82, 2.24) is 29.2 Å². The average Bonchev–Trinajstić information content (AvgIpc) is 3.57. The van der Waals surface area contributed by atoms with Crippen molar-refractivity contribution in [1.29, 1.82) is 0 Å². The smallest absolute Gasteiger partial charge is 0.278 e. The summed E-state index contributed by atoms with van der Waals surface area (Å²) in [6.07, 6.45) is 5.84. The number of aromatic nitrogens is 5. The second-order valence-corrected chi connectivity index (χ2v) is 19.6. The fourth-order valence-electron chi connectivity index (χ4n) is 8.02. The van der Waals surface area contributed by atoms with Crippen LogP contribution in [-0.4, -0.2) is 104 Å². The summed E-state index contributed by atoms with van der Waals surface area (Å²) >= 11 is 0.